The number of carbonyl (C=O) groups is 1. The molecule has 0 saturated heterocycles. The first-order valence-electron chi connectivity index (χ1n) is 13.1. The summed E-state index contributed by atoms with van der Waals surface area (Å²) in [6.07, 6.45) is 2.76. The Morgan fingerprint density at radius 3 is 2.84 bits per heavy atom. The van der Waals surface area contributed by atoms with Crippen molar-refractivity contribution in [3.63, 3.8) is 0 Å². The lowest BCUT2D eigenvalue weighted by molar-refractivity contribution is 0.0841. The topological polar surface area (TPSA) is 108 Å². The Morgan fingerprint density at radius 1 is 1.34 bits per heavy atom. The number of hydrogen-bond donors (Lipinski definition) is 3. The molecule has 3 N–H and O–H groups in total. The van der Waals surface area contributed by atoms with Gasteiger partial charge in [-0.2, -0.15) is 0 Å². The van der Waals surface area contributed by atoms with E-state index in [9.17, 15) is 9.90 Å². The number of ether oxygens (including phenoxy) is 2. The number of amides is 1. The maximum atomic E-state index is 12.6. The summed E-state index contributed by atoms with van der Waals surface area (Å²) in [7, 11) is 1.60. The van der Waals surface area contributed by atoms with Crippen LogP contribution in [0.2, 0.25) is 0 Å². The van der Waals surface area contributed by atoms with Crippen molar-refractivity contribution < 1.29 is 19.4 Å². The van der Waals surface area contributed by atoms with E-state index < -0.39 is 6.10 Å². The Balaban J connectivity index is 1.52. The third-order valence-corrected chi connectivity index (χ3v) is 6.96. The van der Waals surface area contributed by atoms with Gasteiger partial charge in [0.05, 0.1) is 18.9 Å². The van der Waals surface area contributed by atoms with Crippen LogP contribution in [0.25, 0.3) is 0 Å². The fourth-order valence-electron chi connectivity index (χ4n) is 4.41. The van der Waals surface area contributed by atoms with E-state index >= 15 is 0 Å². The van der Waals surface area contributed by atoms with E-state index in [1.807, 2.05) is 13.0 Å². The number of allylic oxidation sites excluding steroid dienone is 1. The number of rotatable bonds is 13. The van der Waals surface area contributed by atoms with Crippen molar-refractivity contribution in [2.45, 2.75) is 59.2 Å². The first kappa shape index (κ1) is 29.1. The van der Waals surface area contributed by atoms with Crippen LogP contribution in [-0.4, -0.2) is 73.1 Å². The molecule has 3 rings (SSSR count). The molecule has 2 heterocycles. The van der Waals surface area contributed by atoms with Crippen LogP contribution in [0.5, 0.6) is 5.75 Å². The molecule has 1 aliphatic rings. The Labute approximate surface area is 226 Å². The maximum absolute atomic E-state index is 12.6. The number of methoxy groups -OCH3 is 1. The number of pyridine rings is 1. The Kier molecular flexibility index (Phi) is 10.7. The number of aliphatic hydroxyl groups is 1. The van der Waals surface area contributed by atoms with Crippen molar-refractivity contribution in [1.29, 1.82) is 0 Å². The molecule has 2 atom stereocenters. The molecular weight excluding hydrogens is 482 g/mol. The van der Waals surface area contributed by atoms with Gasteiger partial charge in [-0.05, 0) is 75.2 Å². The smallest absolute Gasteiger partial charge is 0.251 e. The second kappa shape index (κ2) is 13.9. The molecule has 0 fully saturated rings. The first-order chi connectivity index (χ1) is 18.2. The number of carbonyl (C=O) groups excluding carboxylic acids is 1. The summed E-state index contributed by atoms with van der Waals surface area (Å²) in [4.78, 5) is 23.0. The SMILES string of the molecule is C=N/C(C)=C(/COc1ccc2c(c1C)CCN(CC(O)CNC(=O)c1ccnc(NC(C)CC)c1)C2)OC. The van der Waals surface area contributed by atoms with Gasteiger partial charge >= 0.3 is 0 Å². The van der Waals surface area contributed by atoms with Crippen molar-refractivity contribution in [1.82, 2.24) is 15.2 Å². The van der Waals surface area contributed by atoms with E-state index in [1.165, 1.54) is 11.1 Å². The lowest BCUT2D eigenvalue weighted by Crippen LogP contribution is -2.42. The van der Waals surface area contributed by atoms with Crippen LogP contribution in [0.3, 0.4) is 0 Å². The molecule has 0 bridgehead atoms. The molecule has 1 amide bonds. The molecule has 0 spiro atoms. The van der Waals surface area contributed by atoms with Crippen LogP contribution in [0.15, 0.2) is 46.9 Å². The van der Waals surface area contributed by atoms with Crippen molar-refractivity contribution in [2.24, 2.45) is 4.99 Å². The van der Waals surface area contributed by atoms with Crippen molar-refractivity contribution >= 4 is 18.4 Å². The average molecular weight is 524 g/mol. The zero-order chi connectivity index (χ0) is 27.7. The number of nitrogens with zero attached hydrogens (tertiary/aromatic N) is 3. The van der Waals surface area contributed by atoms with Crippen LogP contribution >= 0.6 is 0 Å². The van der Waals surface area contributed by atoms with Crippen molar-refractivity contribution in [3.8, 4) is 5.75 Å². The van der Waals surface area contributed by atoms with Crippen LogP contribution < -0.4 is 15.4 Å². The Bertz CT molecular complexity index is 1150. The normalized spacial score (nSPS) is 15.5. The summed E-state index contributed by atoms with van der Waals surface area (Å²) in [5.74, 6) is 1.92. The molecule has 2 unspecified atom stereocenters. The largest absolute Gasteiger partial charge is 0.496 e. The number of β-amino-alcohol motifs (C(OH)–C–C–N with tert-alkyl or cyclic N) is 1. The van der Waals surface area contributed by atoms with Gasteiger partial charge in [-0.1, -0.05) is 13.0 Å². The highest BCUT2D eigenvalue weighted by molar-refractivity contribution is 5.94. The number of anilines is 1. The molecule has 1 aromatic carbocycles. The summed E-state index contributed by atoms with van der Waals surface area (Å²) in [5.41, 5.74) is 4.85. The van der Waals surface area contributed by atoms with E-state index in [-0.39, 0.29) is 18.5 Å². The number of aliphatic hydroxyl groups excluding tert-OH is 1. The molecule has 2 aromatic rings. The van der Waals surface area contributed by atoms with Gasteiger partial charge in [0, 0.05) is 44.0 Å². The van der Waals surface area contributed by atoms with E-state index in [4.69, 9.17) is 9.47 Å². The molecule has 206 valence electrons. The summed E-state index contributed by atoms with van der Waals surface area (Å²) < 4.78 is 11.4. The molecule has 1 aromatic heterocycles. The van der Waals surface area contributed by atoms with E-state index in [0.717, 1.165) is 37.2 Å². The summed E-state index contributed by atoms with van der Waals surface area (Å²) in [6, 6.07) is 7.75. The molecule has 9 nitrogen and oxygen atoms in total. The molecule has 0 radical (unpaired) electrons. The van der Waals surface area contributed by atoms with E-state index in [0.29, 0.717) is 36.0 Å². The third kappa shape index (κ3) is 7.79. The van der Waals surface area contributed by atoms with Gasteiger partial charge in [-0.25, -0.2) is 4.98 Å². The average Bonchev–Trinajstić information content (AvgIpc) is 2.92. The molecule has 38 heavy (non-hydrogen) atoms. The third-order valence-electron chi connectivity index (χ3n) is 6.96. The van der Waals surface area contributed by atoms with Gasteiger partial charge in [0.25, 0.3) is 5.91 Å². The second-order valence-corrected chi connectivity index (χ2v) is 9.72. The van der Waals surface area contributed by atoms with Crippen LogP contribution in [-0.2, 0) is 17.7 Å². The zero-order valence-electron chi connectivity index (χ0n) is 23.2. The minimum absolute atomic E-state index is 0.179. The lowest BCUT2D eigenvalue weighted by Gasteiger charge is -2.31. The number of aliphatic imine (C=N–C) groups is 1. The molecule has 9 heteroatoms. The predicted octanol–water partition coefficient (Wildman–Crippen LogP) is 3.71. The van der Waals surface area contributed by atoms with Crippen molar-refractivity contribution in [2.75, 3.05) is 38.7 Å². The summed E-state index contributed by atoms with van der Waals surface area (Å²) in [6.45, 7) is 14.1. The summed E-state index contributed by atoms with van der Waals surface area (Å²) in [5, 5.41) is 16.8. The van der Waals surface area contributed by atoms with Gasteiger partial charge in [-0.3, -0.25) is 14.7 Å². The minimum atomic E-state index is -0.676. The zero-order valence-corrected chi connectivity index (χ0v) is 23.2. The number of hydrogen-bond acceptors (Lipinski definition) is 8. The molecule has 0 aliphatic carbocycles. The quantitative estimate of drug-likeness (QED) is 0.271. The molecule has 0 saturated carbocycles. The lowest BCUT2D eigenvalue weighted by atomic mass is 9.94. The highest BCUT2D eigenvalue weighted by Crippen LogP contribution is 2.29. The number of benzene rings is 1. The first-order valence-corrected chi connectivity index (χ1v) is 13.1. The monoisotopic (exact) mass is 523 g/mol. The second-order valence-electron chi connectivity index (χ2n) is 9.72. The number of fused-ring (bicyclic) bond motifs is 1. The Morgan fingerprint density at radius 2 is 2.13 bits per heavy atom. The highest BCUT2D eigenvalue weighted by Gasteiger charge is 2.22. The van der Waals surface area contributed by atoms with Gasteiger partial charge in [-0.15, -0.1) is 0 Å². The van der Waals surface area contributed by atoms with E-state index in [2.05, 4.69) is 59.1 Å². The Hall–Kier alpha value is -3.43. The fraction of sp³-hybridized carbons (Fsp3) is 0.483. The van der Waals surface area contributed by atoms with Gasteiger partial charge in [0.15, 0.2) is 5.76 Å². The van der Waals surface area contributed by atoms with Gasteiger partial charge < -0.3 is 25.2 Å². The standard InChI is InChI=1S/C29H41N5O4/c1-7-19(2)33-28-14-22(10-12-31-28)29(36)32-15-24(35)17-34-13-11-25-20(3)26(9-8-23(25)16-34)38-18-27(37-6)21(4)30-5/h8-10,12,14,19,24,35H,5,7,11,13,15-18H2,1-4,6H3,(H,31,33)(H,32,36)/b27-21-. The van der Waals surface area contributed by atoms with Crippen LogP contribution in [0.4, 0.5) is 5.82 Å². The van der Waals surface area contributed by atoms with Gasteiger partial charge in [0.1, 0.15) is 18.2 Å². The number of aromatic nitrogens is 1. The van der Waals surface area contributed by atoms with Gasteiger partial charge in [0.2, 0.25) is 0 Å². The van der Waals surface area contributed by atoms with Crippen molar-refractivity contribution in [3.05, 3.63) is 64.2 Å². The molecule has 1 aliphatic heterocycles. The fourth-order valence-corrected chi connectivity index (χ4v) is 4.41. The highest BCUT2D eigenvalue weighted by atomic mass is 16.5. The number of nitrogens with one attached hydrogen (secondary N) is 2. The minimum Gasteiger partial charge on any atom is -0.496 e. The molecular formula is C29H41N5O4. The van der Waals surface area contributed by atoms with Crippen LogP contribution in [0, 0.1) is 6.92 Å². The summed E-state index contributed by atoms with van der Waals surface area (Å²) >= 11 is 0. The maximum Gasteiger partial charge on any atom is 0.251 e. The van der Waals surface area contributed by atoms with Crippen LogP contribution in [0.1, 0.15) is 54.2 Å². The van der Waals surface area contributed by atoms with E-state index in [1.54, 1.807) is 25.4 Å². The predicted molar refractivity (Wildman–Crippen MR) is 151 cm³/mol.